The normalized spacial score (nSPS) is 19.4. The standard InChI is InChI=1S/C27H27N3O3/c31-26(28-17-19-8-2-1-3-9-19)20-10-6-11-21(16-20)29-25-23-13-4-5-14-24(23)27(32)30(25)18-22-12-7-15-33-22/h1-6,8-11,13-14,16,22,25,29H,7,12,15,17-18H2,(H,28,31). The van der Waals surface area contributed by atoms with Crippen molar-refractivity contribution in [2.24, 2.45) is 0 Å². The van der Waals surface area contributed by atoms with E-state index in [0.717, 1.165) is 36.3 Å². The second-order valence-corrected chi connectivity index (χ2v) is 8.48. The SMILES string of the molecule is O=C(NCc1ccccc1)c1cccc(NC2c3ccccc3C(=O)N2CC2CCCO2)c1. The highest BCUT2D eigenvalue weighted by Gasteiger charge is 2.38. The van der Waals surface area contributed by atoms with Gasteiger partial charge in [0.2, 0.25) is 0 Å². The Morgan fingerprint density at radius 3 is 2.64 bits per heavy atom. The molecule has 3 aromatic rings. The first-order chi connectivity index (χ1) is 16.2. The Morgan fingerprint density at radius 2 is 1.82 bits per heavy atom. The van der Waals surface area contributed by atoms with Crippen LogP contribution in [0.15, 0.2) is 78.9 Å². The molecule has 168 valence electrons. The summed E-state index contributed by atoms with van der Waals surface area (Å²) < 4.78 is 5.80. The minimum Gasteiger partial charge on any atom is -0.376 e. The lowest BCUT2D eigenvalue weighted by Crippen LogP contribution is -2.38. The van der Waals surface area contributed by atoms with Crippen molar-refractivity contribution < 1.29 is 14.3 Å². The maximum Gasteiger partial charge on any atom is 0.256 e. The number of benzene rings is 3. The number of hydrogen-bond acceptors (Lipinski definition) is 4. The average molecular weight is 442 g/mol. The molecule has 0 aliphatic carbocycles. The maximum absolute atomic E-state index is 13.1. The van der Waals surface area contributed by atoms with E-state index >= 15 is 0 Å². The number of anilines is 1. The molecule has 1 saturated heterocycles. The Labute approximate surface area is 193 Å². The van der Waals surface area contributed by atoms with Crippen LogP contribution in [0.3, 0.4) is 0 Å². The minimum atomic E-state index is -0.305. The van der Waals surface area contributed by atoms with E-state index in [-0.39, 0.29) is 24.1 Å². The summed E-state index contributed by atoms with van der Waals surface area (Å²) >= 11 is 0. The molecule has 2 heterocycles. The largest absolute Gasteiger partial charge is 0.376 e. The van der Waals surface area contributed by atoms with Crippen LogP contribution in [0.25, 0.3) is 0 Å². The molecule has 33 heavy (non-hydrogen) atoms. The van der Waals surface area contributed by atoms with Gasteiger partial charge in [0.1, 0.15) is 6.17 Å². The monoisotopic (exact) mass is 441 g/mol. The highest BCUT2D eigenvalue weighted by atomic mass is 16.5. The zero-order valence-corrected chi connectivity index (χ0v) is 18.4. The fourth-order valence-corrected chi connectivity index (χ4v) is 4.51. The van der Waals surface area contributed by atoms with Gasteiger partial charge in [0.15, 0.2) is 0 Å². The van der Waals surface area contributed by atoms with Crippen molar-refractivity contribution in [2.75, 3.05) is 18.5 Å². The van der Waals surface area contributed by atoms with Crippen LogP contribution in [-0.4, -0.2) is 36.0 Å². The predicted octanol–water partition coefficient (Wildman–Crippen LogP) is 4.36. The summed E-state index contributed by atoms with van der Waals surface area (Å²) in [7, 11) is 0. The van der Waals surface area contributed by atoms with E-state index in [2.05, 4.69) is 10.6 Å². The van der Waals surface area contributed by atoms with Crippen LogP contribution < -0.4 is 10.6 Å². The fourth-order valence-electron chi connectivity index (χ4n) is 4.51. The Kier molecular flexibility index (Phi) is 6.09. The molecule has 6 nitrogen and oxygen atoms in total. The summed E-state index contributed by atoms with van der Waals surface area (Å²) in [5.41, 5.74) is 4.06. The molecule has 2 N–H and O–H groups in total. The first-order valence-electron chi connectivity index (χ1n) is 11.4. The highest BCUT2D eigenvalue weighted by Crippen LogP contribution is 2.35. The van der Waals surface area contributed by atoms with Crippen molar-refractivity contribution in [2.45, 2.75) is 31.7 Å². The van der Waals surface area contributed by atoms with E-state index in [1.54, 1.807) is 6.07 Å². The van der Waals surface area contributed by atoms with Crippen LogP contribution in [0.5, 0.6) is 0 Å². The molecule has 0 radical (unpaired) electrons. The molecule has 2 aliphatic heterocycles. The van der Waals surface area contributed by atoms with Crippen molar-refractivity contribution in [1.29, 1.82) is 0 Å². The third-order valence-corrected chi connectivity index (χ3v) is 6.21. The lowest BCUT2D eigenvalue weighted by atomic mass is 10.1. The van der Waals surface area contributed by atoms with Gasteiger partial charge < -0.3 is 20.3 Å². The van der Waals surface area contributed by atoms with E-state index in [0.29, 0.717) is 24.2 Å². The number of nitrogens with zero attached hydrogens (tertiary/aromatic N) is 1. The Hall–Kier alpha value is -3.64. The third-order valence-electron chi connectivity index (χ3n) is 6.21. The van der Waals surface area contributed by atoms with Gasteiger partial charge in [0.05, 0.1) is 6.10 Å². The quantitative estimate of drug-likeness (QED) is 0.572. The molecule has 6 heteroatoms. The van der Waals surface area contributed by atoms with Crippen molar-refractivity contribution in [1.82, 2.24) is 10.2 Å². The third kappa shape index (κ3) is 4.61. The lowest BCUT2D eigenvalue weighted by molar-refractivity contribution is 0.0488. The van der Waals surface area contributed by atoms with E-state index < -0.39 is 0 Å². The van der Waals surface area contributed by atoms with Gasteiger partial charge in [-0.05, 0) is 42.7 Å². The summed E-state index contributed by atoms with van der Waals surface area (Å²) in [5.74, 6) is -0.128. The number of nitrogens with one attached hydrogen (secondary N) is 2. The van der Waals surface area contributed by atoms with Crippen LogP contribution in [-0.2, 0) is 11.3 Å². The summed E-state index contributed by atoms with van der Waals surface area (Å²) in [5, 5.41) is 6.46. The van der Waals surface area contributed by atoms with Crippen molar-refractivity contribution in [3.63, 3.8) is 0 Å². The first-order valence-corrected chi connectivity index (χ1v) is 11.4. The Morgan fingerprint density at radius 1 is 1.00 bits per heavy atom. The van der Waals surface area contributed by atoms with Crippen LogP contribution in [0.2, 0.25) is 0 Å². The molecule has 2 unspecified atom stereocenters. The Bertz CT molecular complexity index is 1140. The number of rotatable bonds is 7. The molecular formula is C27H27N3O3. The maximum atomic E-state index is 13.1. The number of fused-ring (bicyclic) bond motifs is 1. The summed E-state index contributed by atoms with van der Waals surface area (Å²) in [6.45, 7) is 1.76. The fraction of sp³-hybridized carbons (Fsp3) is 0.259. The molecule has 2 amide bonds. The number of hydrogen-bond donors (Lipinski definition) is 2. The zero-order chi connectivity index (χ0) is 22.6. The molecule has 0 bridgehead atoms. The predicted molar refractivity (Wildman–Crippen MR) is 127 cm³/mol. The lowest BCUT2D eigenvalue weighted by Gasteiger charge is -2.29. The van der Waals surface area contributed by atoms with Gasteiger partial charge in [-0.25, -0.2) is 0 Å². The van der Waals surface area contributed by atoms with Crippen molar-refractivity contribution >= 4 is 17.5 Å². The molecule has 3 aromatic carbocycles. The number of amides is 2. The number of carbonyl (C=O) groups excluding carboxylic acids is 2. The molecular weight excluding hydrogens is 414 g/mol. The molecule has 2 aliphatic rings. The van der Waals surface area contributed by atoms with E-state index in [4.69, 9.17) is 4.74 Å². The van der Waals surface area contributed by atoms with Crippen LogP contribution in [0.4, 0.5) is 5.69 Å². The molecule has 0 spiro atoms. The van der Waals surface area contributed by atoms with E-state index in [1.807, 2.05) is 77.7 Å². The molecule has 1 fully saturated rings. The van der Waals surface area contributed by atoms with Crippen molar-refractivity contribution in [3.05, 3.63) is 101 Å². The van der Waals surface area contributed by atoms with Crippen molar-refractivity contribution in [3.8, 4) is 0 Å². The average Bonchev–Trinajstić information content (AvgIpc) is 3.46. The van der Waals surface area contributed by atoms with E-state index in [9.17, 15) is 9.59 Å². The second kappa shape index (κ2) is 9.46. The van der Waals surface area contributed by atoms with Gasteiger partial charge in [-0.2, -0.15) is 0 Å². The zero-order valence-electron chi connectivity index (χ0n) is 18.4. The summed E-state index contributed by atoms with van der Waals surface area (Å²) in [6.07, 6.45) is 1.74. The van der Waals surface area contributed by atoms with Gasteiger partial charge in [0.25, 0.3) is 11.8 Å². The van der Waals surface area contributed by atoms with Crippen LogP contribution in [0.1, 0.15) is 50.9 Å². The van der Waals surface area contributed by atoms with Gasteiger partial charge in [-0.1, -0.05) is 54.6 Å². The van der Waals surface area contributed by atoms with Crippen LogP contribution >= 0.6 is 0 Å². The molecule has 5 rings (SSSR count). The number of ether oxygens (including phenoxy) is 1. The topological polar surface area (TPSA) is 70.7 Å². The highest BCUT2D eigenvalue weighted by molar-refractivity contribution is 5.99. The van der Waals surface area contributed by atoms with Gasteiger partial charge in [-0.3, -0.25) is 9.59 Å². The minimum absolute atomic E-state index is 0.00959. The molecule has 2 atom stereocenters. The van der Waals surface area contributed by atoms with Crippen LogP contribution in [0, 0.1) is 0 Å². The summed E-state index contributed by atoms with van der Waals surface area (Å²) in [6, 6.07) is 24.9. The molecule has 0 aromatic heterocycles. The van der Waals surface area contributed by atoms with Gasteiger partial charge >= 0.3 is 0 Å². The first kappa shape index (κ1) is 21.2. The van der Waals surface area contributed by atoms with E-state index in [1.165, 1.54) is 0 Å². The smallest absolute Gasteiger partial charge is 0.256 e. The Balaban J connectivity index is 1.33. The molecule has 0 saturated carbocycles. The van der Waals surface area contributed by atoms with Gasteiger partial charge in [-0.15, -0.1) is 0 Å². The van der Waals surface area contributed by atoms with Gasteiger partial charge in [0, 0.05) is 42.1 Å². The second-order valence-electron chi connectivity index (χ2n) is 8.48. The summed E-state index contributed by atoms with van der Waals surface area (Å²) in [4.78, 5) is 27.7. The number of carbonyl (C=O) groups is 2.